The Labute approximate surface area is 125 Å². The minimum Gasteiger partial charge on any atom is -0.385 e. The third kappa shape index (κ3) is 4.20. The van der Waals surface area contributed by atoms with Gasteiger partial charge in [-0.1, -0.05) is 11.6 Å². The maximum absolute atomic E-state index is 12.3. The first kappa shape index (κ1) is 15.3. The Morgan fingerprint density at radius 2 is 1.85 bits per heavy atom. The summed E-state index contributed by atoms with van der Waals surface area (Å²) in [6.45, 7) is 5.27. The Kier molecular flexibility index (Phi) is 5.83. The van der Waals surface area contributed by atoms with E-state index < -0.39 is 0 Å². The first-order chi connectivity index (χ1) is 9.70. The first-order valence-electron chi connectivity index (χ1n) is 6.97. The third-order valence-corrected chi connectivity index (χ3v) is 3.83. The van der Waals surface area contributed by atoms with Gasteiger partial charge >= 0.3 is 0 Å². The molecule has 1 aliphatic rings. The number of halogens is 1. The quantitative estimate of drug-likeness (QED) is 0.781. The van der Waals surface area contributed by atoms with E-state index in [2.05, 4.69) is 4.90 Å². The zero-order valence-corrected chi connectivity index (χ0v) is 12.6. The Bertz CT molecular complexity index is 428. The number of ether oxygens (including phenoxy) is 1. The largest absolute Gasteiger partial charge is 0.385 e. The van der Waals surface area contributed by atoms with Crippen LogP contribution in [0.2, 0.25) is 5.02 Å². The lowest BCUT2D eigenvalue weighted by molar-refractivity contribution is 0.0624. The van der Waals surface area contributed by atoms with Crippen LogP contribution < -0.4 is 0 Å². The van der Waals surface area contributed by atoms with Crippen molar-refractivity contribution >= 4 is 17.5 Å². The number of carbonyl (C=O) groups is 1. The zero-order chi connectivity index (χ0) is 14.4. The highest BCUT2D eigenvalue weighted by Gasteiger charge is 2.21. The van der Waals surface area contributed by atoms with Crippen molar-refractivity contribution in [3.05, 3.63) is 34.9 Å². The molecule has 2 rings (SSSR count). The van der Waals surface area contributed by atoms with Crippen LogP contribution in [-0.2, 0) is 4.74 Å². The second-order valence-corrected chi connectivity index (χ2v) is 5.42. The molecule has 0 saturated carbocycles. The van der Waals surface area contributed by atoms with Gasteiger partial charge in [0.15, 0.2) is 0 Å². The summed E-state index contributed by atoms with van der Waals surface area (Å²) in [6, 6.07) is 7.09. The van der Waals surface area contributed by atoms with E-state index in [1.165, 1.54) is 0 Å². The average Bonchev–Trinajstić information content (AvgIpc) is 2.48. The van der Waals surface area contributed by atoms with Gasteiger partial charge in [-0.2, -0.15) is 0 Å². The second-order valence-electron chi connectivity index (χ2n) is 4.99. The van der Waals surface area contributed by atoms with Gasteiger partial charge in [0.1, 0.15) is 0 Å². The Hall–Kier alpha value is -1.10. The lowest BCUT2D eigenvalue weighted by Crippen LogP contribution is -2.48. The molecule has 1 aliphatic heterocycles. The van der Waals surface area contributed by atoms with Crippen molar-refractivity contribution in [3.63, 3.8) is 0 Å². The molecular formula is C15H21ClN2O2. The number of nitrogens with zero attached hydrogens (tertiary/aromatic N) is 2. The monoisotopic (exact) mass is 296 g/mol. The molecule has 0 unspecified atom stereocenters. The number of hydrogen-bond donors (Lipinski definition) is 0. The van der Waals surface area contributed by atoms with Crippen LogP contribution in [0, 0.1) is 0 Å². The summed E-state index contributed by atoms with van der Waals surface area (Å²) >= 11 is 5.84. The van der Waals surface area contributed by atoms with Gasteiger partial charge in [0.25, 0.3) is 5.91 Å². The molecule has 1 fully saturated rings. The molecule has 1 aromatic rings. The summed E-state index contributed by atoms with van der Waals surface area (Å²) in [6.07, 6.45) is 1.04. The Morgan fingerprint density at radius 1 is 1.20 bits per heavy atom. The number of benzene rings is 1. The molecule has 4 nitrogen and oxygen atoms in total. The van der Waals surface area contributed by atoms with Crippen molar-refractivity contribution in [1.82, 2.24) is 9.80 Å². The van der Waals surface area contributed by atoms with Crippen LogP contribution in [0.3, 0.4) is 0 Å². The van der Waals surface area contributed by atoms with E-state index >= 15 is 0 Å². The van der Waals surface area contributed by atoms with Crippen LogP contribution in [0.1, 0.15) is 16.8 Å². The number of amides is 1. The molecule has 0 atom stereocenters. The average molecular weight is 297 g/mol. The highest BCUT2D eigenvalue weighted by atomic mass is 35.5. The zero-order valence-electron chi connectivity index (χ0n) is 11.8. The van der Waals surface area contributed by atoms with E-state index in [0.29, 0.717) is 10.6 Å². The fourth-order valence-electron chi connectivity index (χ4n) is 2.38. The van der Waals surface area contributed by atoms with Crippen molar-refractivity contribution in [1.29, 1.82) is 0 Å². The highest BCUT2D eigenvalue weighted by Crippen LogP contribution is 2.13. The summed E-state index contributed by atoms with van der Waals surface area (Å²) in [5.41, 5.74) is 0.710. The standard InChI is InChI=1S/C15H21ClN2O2/c1-20-12-2-7-17-8-10-18(11-9-17)15(19)13-3-5-14(16)6-4-13/h3-6H,2,7-12H2,1H3. The summed E-state index contributed by atoms with van der Waals surface area (Å²) < 4.78 is 5.06. The van der Waals surface area contributed by atoms with E-state index in [9.17, 15) is 4.79 Å². The minimum absolute atomic E-state index is 0.0956. The SMILES string of the molecule is COCCCN1CCN(C(=O)c2ccc(Cl)cc2)CC1. The number of methoxy groups -OCH3 is 1. The summed E-state index contributed by atoms with van der Waals surface area (Å²) in [5.74, 6) is 0.0956. The molecule has 0 radical (unpaired) electrons. The lowest BCUT2D eigenvalue weighted by Gasteiger charge is -2.34. The van der Waals surface area contributed by atoms with Gasteiger partial charge in [-0.25, -0.2) is 0 Å². The smallest absolute Gasteiger partial charge is 0.253 e. The number of rotatable bonds is 5. The van der Waals surface area contributed by atoms with Crippen molar-refractivity contribution in [2.45, 2.75) is 6.42 Å². The minimum atomic E-state index is 0.0956. The predicted molar refractivity (Wildman–Crippen MR) is 80.3 cm³/mol. The van der Waals surface area contributed by atoms with Gasteiger partial charge in [0.05, 0.1) is 0 Å². The van der Waals surface area contributed by atoms with Gasteiger partial charge in [-0.15, -0.1) is 0 Å². The van der Waals surface area contributed by atoms with E-state index in [0.717, 1.165) is 45.8 Å². The Balaban J connectivity index is 1.81. The molecule has 0 aromatic heterocycles. The molecule has 0 N–H and O–H groups in total. The highest BCUT2D eigenvalue weighted by molar-refractivity contribution is 6.30. The molecule has 20 heavy (non-hydrogen) atoms. The number of hydrogen-bond acceptors (Lipinski definition) is 3. The van der Waals surface area contributed by atoms with Gasteiger partial charge in [-0.3, -0.25) is 9.69 Å². The van der Waals surface area contributed by atoms with E-state index in [4.69, 9.17) is 16.3 Å². The Morgan fingerprint density at radius 3 is 2.45 bits per heavy atom. The van der Waals surface area contributed by atoms with E-state index in [-0.39, 0.29) is 5.91 Å². The molecule has 110 valence electrons. The van der Waals surface area contributed by atoms with Gasteiger partial charge < -0.3 is 9.64 Å². The van der Waals surface area contributed by atoms with Gasteiger partial charge in [-0.05, 0) is 30.7 Å². The van der Waals surface area contributed by atoms with Crippen LogP contribution in [0.4, 0.5) is 0 Å². The van der Waals surface area contributed by atoms with Crippen molar-refractivity contribution in [3.8, 4) is 0 Å². The van der Waals surface area contributed by atoms with Crippen LogP contribution >= 0.6 is 11.6 Å². The topological polar surface area (TPSA) is 32.8 Å². The summed E-state index contributed by atoms with van der Waals surface area (Å²) in [5, 5.41) is 0.657. The second kappa shape index (κ2) is 7.62. The fraction of sp³-hybridized carbons (Fsp3) is 0.533. The molecule has 0 bridgehead atoms. The summed E-state index contributed by atoms with van der Waals surface area (Å²) in [7, 11) is 1.72. The van der Waals surface area contributed by atoms with Crippen molar-refractivity contribution < 1.29 is 9.53 Å². The molecule has 5 heteroatoms. The molecule has 1 heterocycles. The van der Waals surface area contributed by atoms with Crippen LogP contribution in [0.25, 0.3) is 0 Å². The molecule has 0 aliphatic carbocycles. The first-order valence-corrected chi connectivity index (χ1v) is 7.34. The summed E-state index contributed by atoms with van der Waals surface area (Å²) in [4.78, 5) is 16.6. The lowest BCUT2D eigenvalue weighted by atomic mass is 10.2. The predicted octanol–water partition coefficient (Wildman–Crippen LogP) is 2.13. The fourth-order valence-corrected chi connectivity index (χ4v) is 2.51. The van der Waals surface area contributed by atoms with Crippen molar-refractivity contribution in [2.75, 3.05) is 46.4 Å². The van der Waals surface area contributed by atoms with Gasteiger partial charge in [0, 0.05) is 57.0 Å². The molecule has 1 amide bonds. The van der Waals surface area contributed by atoms with E-state index in [1.54, 1.807) is 31.4 Å². The maximum atomic E-state index is 12.3. The van der Waals surface area contributed by atoms with Crippen molar-refractivity contribution in [2.24, 2.45) is 0 Å². The normalized spacial score (nSPS) is 16.4. The van der Waals surface area contributed by atoms with E-state index in [1.807, 2.05) is 4.90 Å². The number of piperazine rings is 1. The van der Waals surface area contributed by atoms with Crippen LogP contribution in [-0.4, -0.2) is 62.1 Å². The van der Waals surface area contributed by atoms with Crippen LogP contribution in [0.5, 0.6) is 0 Å². The third-order valence-electron chi connectivity index (χ3n) is 3.57. The molecule has 0 spiro atoms. The van der Waals surface area contributed by atoms with Gasteiger partial charge in [0.2, 0.25) is 0 Å². The molecule has 1 saturated heterocycles. The maximum Gasteiger partial charge on any atom is 0.253 e. The molecular weight excluding hydrogens is 276 g/mol. The molecule has 1 aromatic carbocycles. The number of carbonyl (C=O) groups excluding carboxylic acids is 1. The van der Waals surface area contributed by atoms with Crippen LogP contribution in [0.15, 0.2) is 24.3 Å².